The zero-order valence-electron chi connectivity index (χ0n) is 12.9. The maximum Gasteiger partial charge on any atom is 0.263 e. The van der Waals surface area contributed by atoms with Crippen LogP contribution < -0.4 is 10.9 Å². The Morgan fingerprint density at radius 2 is 2.43 bits per heavy atom. The first-order valence-corrected chi connectivity index (χ1v) is 9.47. The zero-order valence-corrected chi connectivity index (χ0v) is 14.6. The Bertz CT molecular complexity index is 792. The summed E-state index contributed by atoms with van der Waals surface area (Å²) in [7, 11) is 0. The monoisotopic (exact) mass is 349 g/mol. The topological polar surface area (TPSA) is 64.0 Å². The first-order chi connectivity index (χ1) is 11.1. The number of fused-ring (bicyclic) bond motifs is 1. The van der Waals surface area contributed by atoms with Crippen LogP contribution in [0.2, 0.25) is 0 Å². The summed E-state index contributed by atoms with van der Waals surface area (Å²) < 4.78 is 1.57. The average Bonchev–Trinajstić information content (AvgIpc) is 3.27. The van der Waals surface area contributed by atoms with Gasteiger partial charge in [-0.15, -0.1) is 17.9 Å². The molecule has 1 aliphatic carbocycles. The summed E-state index contributed by atoms with van der Waals surface area (Å²) >= 11 is 2.74. The van der Waals surface area contributed by atoms with Gasteiger partial charge in [-0.3, -0.25) is 14.2 Å². The highest BCUT2D eigenvalue weighted by atomic mass is 32.2. The van der Waals surface area contributed by atoms with Crippen LogP contribution in [0.4, 0.5) is 0 Å². The fourth-order valence-electron chi connectivity index (χ4n) is 2.47. The molecule has 1 fully saturated rings. The summed E-state index contributed by atoms with van der Waals surface area (Å²) in [5.74, 6) is 0.876. The number of thioether (sulfide) groups is 1. The van der Waals surface area contributed by atoms with Crippen LogP contribution in [0.15, 0.2) is 34.1 Å². The summed E-state index contributed by atoms with van der Waals surface area (Å²) in [4.78, 5) is 29.8. The van der Waals surface area contributed by atoms with E-state index in [1.807, 2.05) is 12.3 Å². The number of rotatable bonds is 7. The molecular weight excluding hydrogens is 330 g/mol. The van der Waals surface area contributed by atoms with Gasteiger partial charge in [0.1, 0.15) is 4.83 Å². The van der Waals surface area contributed by atoms with Gasteiger partial charge in [-0.05, 0) is 37.1 Å². The third-order valence-corrected chi connectivity index (χ3v) is 5.69. The van der Waals surface area contributed by atoms with E-state index in [-0.39, 0.29) is 23.3 Å². The zero-order chi connectivity index (χ0) is 16.4. The van der Waals surface area contributed by atoms with E-state index in [1.54, 1.807) is 16.7 Å². The van der Waals surface area contributed by atoms with Gasteiger partial charge in [0, 0.05) is 12.6 Å². The largest absolute Gasteiger partial charge is 0.353 e. The van der Waals surface area contributed by atoms with Gasteiger partial charge in [0.25, 0.3) is 5.56 Å². The number of aromatic nitrogens is 2. The minimum atomic E-state index is -0.0783. The number of hydrogen-bond donors (Lipinski definition) is 1. The van der Waals surface area contributed by atoms with Gasteiger partial charge in [0.05, 0.1) is 11.1 Å². The molecule has 122 valence electrons. The molecule has 7 heteroatoms. The van der Waals surface area contributed by atoms with Crippen molar-refractivity contribution in [2.45, 2.75) is 37.5 Å². The number of nitrogens with one attached hydrogen (secondary N) is 1. The maximum absolute atomic E-state index is 12.5. The van der Waals surface area contributed by atoms with Gasteiger partial charge in [0.2, 0.25) is 5.91 Å². The third-order valence-electron chi connectivity index (χ3n) is 3.91. The molecule has 23 heavy (non-hydrogen) atoms. The molecule has 1 unspecified atom stereocenters. The van der Waals surface area contributed by atoms with Gasteiger partial charge in [-0.25, -0.2) is 4.98 Å². The third kappa shape index (κ3) is 3.67. The molecule has 5 nitrogen and oxygen atoms in total. The minimum absolute atomic E-state index is 0.0138. The SMILES string of the molecule is C=CCn1c(SCC(=O)NC(C)C2CC2)nc2sccc2c1=O. The predicted molar refractivity (Wildman–Crippen MR) is 95.1 cm³/mol. The van der Waals surface area contributed by atoms with E-state index in [4.69, 9.17) is 0 Å². The van der Waals surface area contributed by atoms with Crippen molar-refractivity contribution in [3.63, 3.8) is 0 Å². The number of thiophene rings is 1. The minimum Gasteiger partial charge on any atom is -0.353 e. The molecule has 0 aliphatic heterocycles. The Morgan fingerprint density at radius 3 is 3.13 bits per heavy atom. The van der Waals surface area contributed by atoms with Crippen LogP contribution in [0, 0.1) is 5.92 Å². The lowest BCUT2D eigenvalue weighted by atomic mass is 10.2. The summed E-state index contributed by atoms with van der Waals surface area (Å²) in [5.41, 5.74) is -0.0783. The smallest absolute Gasteiger partial charge is 0.263 e. The summed E-state index contributed by atoms with van der Waals surface area (Å²) in [6.07, 6.45) is 4.06. The molecule has 1 N–H and O–H groups in total. The lowest BCUT2D eigenvalue weighted by molar-refractivity contribution is -0.119. The number of amides is 1. The Kier molecular flexibility index (Phi) is 4.87. The molecule has 2 aromatic rings. The van der Waals surface area contributed by atoms with E-state index in [2.05, 4.69) is 16.9 Å². The molecule has 1 amide bonds. The Balaban J connectivity index is 1.75. The Hall–Kier alpha value is -1.60. The van der Waals surface area contributed by atoms with Crippen molar-refractivity contribution in [3.8, 4) is 0 Å². The standard InChI is InChI=1S/C16H19N3O2S2/c1-3-7-19-15(21)12-6-8-22-14(12)18-16(19)23-9-13(20)17-10(2)11-4-5-11/h3,6,8,10-11H,1,4-5,7,9H2,2H3,(H,17,20). The van der Waals surface area contributed by atoms with Crippen molar-refractivity contribution in [2.24, 2.45) is 5.92 Å². The van der Waals surface area contributed by atoms with Crippen LogP contribution in [0.25, 0.3) is 10.2 Å². The van der Waals surface area contributed by atoms with Crippen LogP contribution in [-0.2, 0) is 11.3 Å². The van der Waals surface area contributed by atoms with E-state index in [0.717, 1.165) is 0 Å². The average molecular weight is 349 g/mol. The van der Waals surface area contributed by atoms with Gasteiger partial charge in [-0.1, -0.05) is 17.8 Å². The number of allylic oxidation sites excluding steroid dienone is 1. The van der Waals surface area contributed by atoms with Gasteiger partial charge in [0.15, 0.2) is 5.16 Å². The van der Waals surface area contributed by atoms with Crippen molar-refractivity contribution >= 4 is 39.2 Å². The number of hydrogen-bond acceptors (Lipinski definition) is 5. The van der Waals surface area contributed by atoms with E-state index in [1.165, 1.54) is 35.9 Å². The molecule has 0 radical (unpaired) electrons. The molecule has 1 atom stereocenters. The predicted octanol–water partition coefficient (Wildman–Crippen LogP) is 2.65. The second kappa shape index (κ2) is 6.88. The highest BCUT2D eigenvalue weighted by molar-refractivity contribution is 7.99. The molecule has 2 heterocycles. The van der Waals surface area contributed by atoms with Crippen molar-refractivity contribution in [1.29, 1.82) is 0 Å². The van der Waals surface area contributed by atoms with Crippen molar-refractivity contribution in [3.05, 3.63) is 34.5 Å². The molecule has 0 saturated heterocycles. The Labute approximate surface area is 142 Å². The van der Waals surface area contributed by atoms with E-state index >= 15 is 0 Å². The number of carbonyl (C=O) groups is 1. The molecule has 1 aliphatic rings. The second-order valence-electron chi connectivity index (χ2n) is 5.72. The van der Waals surface area contributed by atoms with Crippen molar-refractivity contribution < 1.29 is 4.79 Å². The molecule has 2 aromatic heterocycles. The lowest BCUT2D eigenvalue weighted by Gasteiger charge is -2.13. The summed E-state index contributed by atoms with van der Waals surface area (Å²) in [6.45, 7) is 6.13. The van der Waals surface area contributed by atoms with E-state index in [9.17, 15) is 9.59 Å². The molecule has 0 spiro atoms. The van der Waals surface area contributed by atoms with Crippen LogP contribution in [0.1, 0.15) is 19.8 Å². The molecule has 0 bridgehead atoms. The van der Waals surface area contributed by atoms with E-state index in [0.29, 0.717) is 27.8 Å². The van der Waals surface area contributed by atoms with Gasteiger partial charge < -0.3 is 5.32 Å². The highest BCUT2D eigenvalue weighted by Gasteiger charge is 2.28. The number of nitrogens with zero attached hydrogens (tertiary/aromatic N) is 2. The fraction of sp³-hybridized carbons (Fsp3) is 0.438. The summed E-state index contributed by atoms with van der Waals surface area (Å²) in [6, 6.07) is 2.01. The normalized spacial score (nSPS) is 15.5. The lowest BCUT2D eigenvalue weighted by Crippen LogP contribution is -2.35. The molecule has 1 saturated carbocycles. The first kappa shape index (κ1) is 16.3. The number of carbonyl (C=O) groups excluding carboxylic acids is 1. The van der Waals surface area contributed by atoms with E-state index < -0.39 is 0 Å². The van der Waals surface area contributed by atoms with Crippen LogP contribution >= 0.6 is 23.1 Å². The second-order valence-corrected chi connectivity index (χ2v) is 7.56. The van der Waals surface area contributed by atoms with Crippen LogP contribution in [0.5, 0.6) is 0 Å². The fourth-order valence-corrected chi connectivity index (χ4v) is 4.10. The first-order valence-electron chi connectivity index (χ1n) is 7.61. The van der Waals surface area contributed by atoms with Crippen LogP contribution in [0.3, 0.4) is 0 Å². The maximum atomic E-state index is 12.5. The molecular formula is C16H19N3O2S2. The van der Waals surface area contributed by atoms with Gasteiger partial charge in [-0.2, -0.15) is 0 Å². The highest BCUT2D eigenvalue weighted by Crippen LogP contribution is 2.32. The van der Waals surface area contributed by atoms with Crippen LogP contribution in [-0.4, -0.2) is 27.3 Å². The molecule has 0 aromatic carbocycles. The van der Waals surface area contributed by atoms with Crippen molar-refractivity contribution in [2.75, 3.05) is 5.75 Å². The summed E-state index contributed by atoms with van der Waals surface area (Å²) in [5, 5.41) is 6.06. The quantitative estimate of drug-likeness (QED) is 0.474. The molecule has 3 rings (SSSR count). The van der Waals surface area contributed by atoms with Crippen molar-refractivity contribution in [1.82, 2.24) is 14.9 Å². The Morgan fingerprint density at radius 1 is 1.65 bits per heavy atom. The van der Waals surface area contributed by atoms with Gasteiger partial charge >= 0.3 is 0 Å².